The summed E-state index contributed by atoms with van der Waals surface area (Å²) in [5.74, 6) is 0. The van der Waals surface area contributed by atoms with Gasteiger partial charge < -0.3 is 0 Å². The lowest BCUT2D eigenvalue weighted by molar-refractivity contribution is 1.21. The van der Waals surface area contributed by atoms with Gasteiger partial charge in [0.25, 0.3) is 0 Å². The standard InChI is InChI=1S/C14H12N2S2/c1-10-2-4-11(5-3-10)6-12-7-16-14(18-12)13-8-15-9-17-13/h2-5,7-9H,6H2,1H3. The number of benzene rings is 1. The van der Waals surface area contributed by atoms with Crippen molar-refractivity contribution in [2.45, 2.75) is 13.3 Å². The van der Waals surface area contributed by atoms with Crippen molar-refractivity contribution < 1.29 is 0 Å². The molecule has 2 nitrogen and oxygen atoms in total. The molecule has 0 aliphatic carbocycles. The minimum Gasteiger partial charge on any atom is -0.252 e. The van der Waals surface area contributed by atoms with Gasteiger partial charge >= 0.3 is 0 Å². The summed E-state index contributed by atoms with van der Waals surface area (Å²) in [6.07, 6.45) is 4.80. The van der Waals surface area contributed by atoms with Gasteiger partial charge in [-0.25, -0.2) is 4.98 Å². The minimum absolute atomic E-state index is 0.955. The molecule has 0 saturated heterocycles. The summed E-state index contributed by atoms with van der Waals surface area (Å²) in [7, 11) is 0. The third kappa shape index (κ3) is 2.49. The molecule has 3 rings (SSSR count). The molecule has 18 heavy (non-hydrogen) atoms. The molecule has 0 unspecified atom stereocenters. The Kier molecular flexibility index (Phi) is 3.21. The molecule has 0 saturated carbocycles. The van der Waals surface area contributed by atoms with Crippen molar-refractivity contribution in [3.63, 3.8) is 0 Å². The Bertz CT molecular complexity index is 624. The molecule has 2 heterocycles. The molecule has 0 aliphatic rings. The summed E-state index contributed by atoms with van der Waals surface area (Å²) in [4.78, 5) is 11.0. The zero-order valence-electron chi connectivity index (χ0n) is 9.96. The van der Waals surface area contributed by atoms with E-state index < -0.39 is 0 Å². The maximum Gasteiger partial charge on any atom is 0.135 e. The first-order chi connectivity index (χ1) is 8.81. The van der Waals surface area contributed by atoms with Crippen LogP contribution in [0, 0.1) is 6.92 Å². The van der Waals surface area contributed by atoms with Crippen LogP contribution in [0.2, 0.25) is 0 Å². The van der Waals surface area contributed by atoms with E-state index in [1.54, 1.807) is 22.7 Å². The predicted molar refractivity (Wildman–Crippen MR) is 77.2 cm³/mol. The first-order valence-electron chi connectivity index (χ1n) is 5.70. The zero-order chi connectivity index (χ0) is 12.4. The molecule has 0 radical (unpaired) electrons. The molecule has 0 N–H and O–H groups in total. The fourth-order valence-electron chi connectivity index (χ4n) is 1.73. The average Bonchev–Trinajstić information content (AvgIpc) is 3.02. The molecule has 0 aliphatic heterocycles. The highest BCUT2D eigenvalue weighted by Crippen LogP contribution is 2.28. The van der Waals surface area contributed by atoms with E-state index in [1.165, 1.54) is 16.0 Å². The van der Waals surface area contributed by atoms with E-state index in [2.05, 4.69) is 41.2 Å². The van der Waals surface area contributed by atoms with Crippen molar-refractivity contribution in [1.82, 2.24) is 9.97 Å². The van der Waals surface area contributed by atoms with Gasteiger partial charge in [0.2, 0.25) is 0 Å². The third-order valence-electron chi connectivity index (χ3n) is 2.70. The second kappa shape index (κ2) is 5.00. The smallest absolute Gasteiger partial charge is 0.135 e. The summed E-state index contributed by atoms with van der Waals surface area (Å²) in [5, 5.41) is 1.07. The van der Waals surface area contributed by atoms with Crippen LogP contribution >= 0.6 is 22.7 Å². The minimum atomic E-state index is 0.955. The summed E-state index contributed by atoms with van der Waals surface area (Å²) in [6, 6.07) is 8.67. The highest BCUT2D eigenvalue weighted by Gasteiger charge is 2.06. The molecule has 0 atom stereocenters. The second-order valence-electron chi connectivity index (χ2n) is 4.16. The van der Waals surface area contributed by atoms with Crippen LogP contribution in [0.5, 0.6) is 0 Å². The molecule has 0 fully saturated rings. The summed E-state index contributed by atoms with van der Waals surface area (Å²) in [6.45, 7) is 2.11. The number of aryl methyl sites for hydroxylation is 1. The van der Waals surface area contributed by atoms with Gasteiger partial charge in [0.1, 0.15) is 5.01 Å². The molecule has 1 aromatic carbocycles. The Hall–Kier alpha value is -1.52. The van der Waals surface area contributed by atoms with Crippen LogP contribution < -0.4 is 0 Å². The van der Waals surface area contributed by atoms with Crippen molar-refractivity contribution in [2.24, 2.45) is 0 Å². The van der Waals surface area contributed by atoms with Crippen LogP contribution in [-0.2, 0) is 6.42 Å². The quantitative estimate of drug-likeness (QED) is 0.715. The van der Waals surface area contributed by atoms with Crippen LogP contribution in [0.1, 0.15) is 16.0 Å². The van der Waals surface area contributed by atoms with E-state index in [0.29, 0.717) is 0 Å². The van der Waals surface area contributed by atoms with Gasteiger partial charge in [-0.15, -0.1) is 22.7 Å². The predicted octanol–water partition coefficient (Wildman–Crippen LogP) is 4.17. The number of hydrogen-bond acceptors (Lipinski definition) is 4. The van der Waals surface area contributed by atoms with Gasteiger partial charge in [0.05, 0.1) is 10.4 Å². The van der Waals surface area contributed by atoms with Gasteiger partial charge in [-0.3, -0.25) is 4.98 Å². The molecular weight excluding hydrogens is 260 g/mol. The first-order valence-corrected chi connectivity index (χ1v) is 7.40. The maximum atomic E-state index is 4.46. The summed E-state index contributed by atoms with van der Waals surface area (Å²) in [5.41, 5.74) is 4.48. The normalized spacial score (nSPS) is 10.7. The number of nitrogens with zero attached hydrogens (tertiary/aromatic N) is 2. The number of thiazole rings is 2. The SMILES string of the molecule is Cc1ccc(Cc2cnc(-c3cncs3)s2)cc1. The van der Waals surface area contributed by atoms with Gasteiger partial charge in [0.15, 0.2) is 0 Å². The Morgan fingerprint density at radius 3 is 2.67 bits per heavy atom. The van der Waals surface area contributed by atoms with E-state index >= 15 is 0 Å². The zero-order valence-corrected chi connectivity index (χ0v) is 11.6. The van der Waals surface area contributed by atoms with E-state index in [0.717, 1.165) is 16.3 Å². The maximum absolute atomic E-state index is 4.46. The third-order valence-corrected chi connectivity index (χ3v) is 4.64. The Morgan fingerprint density at radius 2 is 1.94 bits per heavy atom. The number of hydrogen-bond donors (Lipinski definition) is 0. The van der Waals surface area contributed by atoms with Crippen molar-refractivity contribution in [3.8, 4) is 9.88 Å². The molecule has 0 amide bonds. The van der Waals surface area contributed by atoms with Crippen LogP contribution in [0.15, 0.2) is 42.2 Å². The highest BCUT2D eigenvalue weighted by atomic mass is 32.1. The van der Waals surface area contributed by atoms with Crippen LogP contribution in [0.4, 0.5) is 0 Å². The summed E-state index contributed by atoms with van der Waals surface area (Å²) >= 11 is 3.38. The van der Waals surface area contributed by atoms with E-state index in [-0.39, 0.29) is 0 Å². The topological polar surface area (TPSA) is 25.8 Å². The molecule has 2 aromatic heterocycles. The molecule has 3 aromatic rings. The van der Waals surface area contributed by atoms with Gasteiger partial charge in [-0.05, 0) is 12.5 Å². The van der Waals surface area contributed by atoms with Crippen molar-refractivity contribution in [3.05, 3.63) is 58.2 Å². The second-order valence-corrected chi connectivity index (χ2v) is 6.16. The lowest BCUT2D eigenvalue weighted by Gasteiger charge is -1.98. The first kappa shape index (κ1) is 11.6. The van der Waals surface area contributed by atoms with Crippen LogP contribution in [-0.4, -0.2) is 9.97 Å². The molecule has 0 bridgehead atoms. The van der Waals surface area contributed by atoms with Crippen LogP contribution in [0.3, 0.4) is 0 Å². The van der Waals surface area contributed by atoms with Crippen molar-refractivity contribution >= 4 is 22.7 Å². The number of aromatic nitrogens is 2. The van der Waals surface area contributed by atoms with E-state index in [4.69, 9.17) is 0 Å². The van der Waals surface area contributed by atoms with Crippen LogP contribution in [0.25, 0.3) is 9.88 Å². The monoisotopic (exact) mass is 272 g/mol. The number of rotatable bonds is 3. The van der Waals surface area contributed by atoms with Crippen molar-refractivity contribution in [1.29, 1.82) is 0 Å². The average molecular weight is 272 g/mol. The Morgan fingerprint density at radius 1 is 1.11 bits per heavy atom. The van der Waals surface area contributed by atoms with Gasteiger partial charge in [-0.2, -0.15) is 0 Å². The molecule has 4 heteroatoms. The Labute approximate surface area is 114 Å². The van der Waals surface area contributed by atoms with E-state index in [9.17, 15) is 0 Å². The molecule has 0 spiro atoms. The Balaban J connectivity index is 1.80. The largest absolute Gasteiger partial charge is 0.252 e. The summed E-state index contributed by atoms with van der Waals surface area (Å²) < 4.78 is 0. The lowest BCUT2D eigenvalue weighted by atomic mass is 10.1. The highest BCUT2D eigenvalue weighted by molar-refractivity contribution is 7.20. The fourth-order valence-corrected chi connectivity index (χ4v) is 3.36. The van der Waals surface area contributed by atoms with Gasteiger partial charge in [0, 0.05) is 23.7 Å². The van der Waals surface area contributed by atoms with Crippen molar-refractivity contribution in [2.75, 3.05) is 0 Å². The molecular formula is C14H12N2S2. The van der Waals surface area contributed by atoms with Gasteiger partial charge in [-0.1, -0.05) is 29.8 Å². The fraction of sp³-hybridized carbons (Fsp3) is 0.143. The van der Waals surface area contributed by atoms with E-state index in [1.807, 2.05) is 17.9 Å². The molecule has 90 valence electrons. The lowest BCUT2D eigenvalue weighted by Crippen LogP contribution is -1.84.